The molecule has 10 heteroatoms. The summed E-state index contributed by atoms with van der Waals surface area (Å²) in [6.45, 7) is 5.83. The molecule has 0 fully saturated rings. The van der Waals surface area contributed by atoms with Gasteiger partial charge in [0.1, 0.15) is 5.69 Å². The Morgan fingerprint density at radius 2 is 1.92 bits per heavy atom. The number of rotatable bonds is 8. The Kier molecular flexibility index (Phi) is 14.4. The maximum absolute atomic E-state index is 14.0. The zero-order valence-corrected chi connectivity index (χ0v) is 23.1. The van der Waals surface area contributed by atoms with Crippen LogP contribution in [0.15, 0.2) is 60.2 Å². The van der Waals surface area contributed by atoms with Crippen LogP contribution in [0.2, 0.25) is 0 Å². The van der Waals surface area contributed by atoms with E-state index in [1.54, 1.807) is 19.3 Å². The number of halogens is 3. The molecule has 0 aliphatic rings. The van der Waals surface area contributed by atoms with E-state index in [1.165, 1.54) is 11.6 Å². The lowest BCUT2D eigenvalue weighted by Crippen LogP contribution is -1.99. The van der Waals surface area contributed by atoms with E-state index in [0.29, 0.717) is 22.8 Å². The smallest absolute Gasteiger partial charge is 0.206 e. The van der Waals surface area contributed by atoms with Crippen molar-refractivity contribution in [3.8, 4) is 35.6 Å². The Bertz CT molecular complexity index is 1340. The van der Waals surface area contributed by atoms with E-state index in [0.717, 1.165) is 29.7 Å². The molecule has 0 spiro atoms. The van der Waals surface area contributed by atoms with Crippen LogP contribution in [0, 0.1) is 29.6 Å². The summed E-state index contributed by atoms with van der Waals surface area (Å²) in [6, 6.07) is 8.55. The van der Waals surface area contributed by atoms with Gasteiger partial charge in [-0.2, -0.15) is 4.39 Å². The van der Waals surface area contributed by atoms with Gasteiger partial charge in [-0.05, 0) is 50.1 Å². The fourth-order valence-electron chi connectivity index (χ4n) is 2.79. The molecular formula is C28H30F3N2O3S2-. The second kappa shape index (κ2) is 16.9. The third-order valence-corrected chi connectivity index (χ3v) is 6.55. The maximum Gasteiger partial charge on any atom is 0.206 e. The zero-order valence-electron chi connectivity index (χ0n) is 21.5. The molecule has 2 aromatic carbocycles. The van der Waals surface area contributed by atoms with Crippen molar-refractivity contribution >= 4 is 32.3 Å². The summed E-state index contributed by atoms with van der Waals surface area (Å²) in [6.07, 6.45) is 14.4. The molecule has 0 atom stereocenters. The van der Waals surface area contributed by atoms with Gasteiger partial charge in [0.2, 0.25) is 5.13 Å². The van der Waals surface area contributed by atoms with Crippen molar-refractivity contribution in [1.29, 1.82) is 0 Å². The second-order valence-electron chi connectivity index (χ2n) is 7.34. The topological polar surface area (TPSA) is 71.5 Å². The highest BCUT2D eigenvalue weighted by atomic mass is 32.2. The SMILES string of the molecule is C#C.C/C=C(C)\C=C/C[S-](=O)=CNc1nc(-c2ccc(F)c(F)c2)c(F)s1.CCc1cccc(OC)c1O. The molecule has 0 radical (unpaired) electrons. The largest absolute Gasteiger partial charge is 0.504 e. The van der Waals surface area contributed by atoms with Crippen molar-refractivity contribution in [3.63, 3.8) is 0 Å². The molecule has 0 saturated carbocycles. The maximum atomic E-state index is 14.0. The molecule has 0 bridgehead atoms. The molecule has 0 aliphatic carbocycles. The van der Waals surface area contributed by atoms with Crippen LogP contribution in [0.5, 0.6) is 11.5 Å². The minimum Gasteiger partial charge on any atom is -0.504 e. The molecule has 38 heavy (non-hydrogen) atoms. The standard InChI is InChI=1S/C17H16F3N2OS2.C9H12O2.C2H2/c1-3-11(2)5-4-8-25(23)10-21-17-22-15(16(20)24-17)12-6-7-13(18)14(19)9-12;1-3-7-5-4-6-8(11-2)9(7)10;1-2/h3-7,9-10H,8H2,1-2H3,(H,21,22);4-6,10H,3H2,1-2H3;1-2H/q-1;;/b5-4-,11-3-;;. The number of phenolic OH excluding ortho intramolecular Hbond substituents is 1. The van der Waals surface area contributed by atoms with Gasteiger partial charge < -0.3 is 19.4 Å². The number of thiazole rings is 1. The zero-order chi connectivity index (χ0) is 28.7. The number of ether oxygens (including phenoxy) is 1. The molecule has 0 aliphatic heterocycles. The molecule has 5 nitrogen and oxygen atoms in total. The lowest BCUT2D eigenvalue weighted by molar-refractivity contribution is 0.371. The van der Waals surface area contributed by atoms with Crippen molar-refractivity contribution in [2.75, 3.05) is 18.2 Å². The number of aryl methyl sites for hydroxylation is 1. The first-order valence-corrected chi connectivity index (χ1v) is 13.5. The number of anilines is 1. The van der Waals surface area contributed by atoms with E-state index in [2.05, 4.69) is 23.1 Å². The first-order valence-electron chi connectivity index (χ1n) is 11.3. The van der Waals surface area contributed by atoms with Crippen LogP contribution in [0.25, 0.3) is 11.3 Å². The van der Waals surface area contributed by atoms with Gasteiger partial charge in [-0.15, -0.1) is 18.9 Å². The van der Waals surface area contributed by atoms with E-state index < -0.39 is 27.2 Å². The van der Waals surface area contributed by atoms with E-state index in [4.69, 9.17) is 4.74 Å². The molecule has 0 unspecified atom stereocenters. The summed E-state index contributed by atoms with van der Waals surface area (Å²) in [7, 11) is 0.247. The Morgan fingerprint density at radius 3 is 2.53 bits per heavy atom. The monoisotopic (exact) mass is 563 g/mol. The number of phenols is 1. The average molecular weight is 564 g/mol. The van der Waals surface area contributed by atoms with Gasteiger partial charge in [0.15, 0.2) is 28.3 Å². The number of aromatic nitrogens is 1. The van der Waals surface area contributed by atoms with Gasteiger partial charge in [0.25, 0.3) is 0 Å². The van der Waals surface area contributed by atoms with Crippen LogP contribution in [0.3, 0.4) is 0 Å². The molecule has 0 saturated heterocycles. The van der Waals surface area contributed by atoms with Crippen molar-refractivity contribution in [1.82, 2.24) is 4.98 Å². The highest BCUT2D eigenvalue weighted by Crippen LogP contribution is 2.30. The fourth-order valence-corrected chi connectivity index (χ4v) is 4.18. The normalized spacial score (nSPS) is 11.8. The molecule has 204 valence electrons. The molecule has 1 aromatic heterocycles. The van der Waals surface area contributed by atoms with Crippen LogP contribution in [-0.4, -0.2) is 28.4 Å². The van der Waals surface area contributed by atoms with E-state index >= 15 is 0 Å². The Labute approximate surface area is 227 Å². The van der Waals surface area contributed by atoms with Crippen LogP contribution in [-0.2, 0) is 21.0 Å². The van der Waals surface area contributed by atoms with Crippen LogP contribution in [0.4, 0.5) is 18.3 Å². The minimum atomic E-state index is -1.30. The summed E-state index contributed by atoms with van der Waals surface area (Å²) in [5.41, 5.74) is 3.33. The Hall–Kier alpha value is -3.68. The molecule has 2 N–H and O–H groups in total. The predicted octanol–water partition coefficient (Wildman–Crippen LogP) is 7.10. The average Bonchev–Trinajstić information content (AvgIpc) is 3.30. The number of nitrogens with zero attached hydrogens (tertiary/aromatic N) is 1. The van der Waals surface area contributed by atoms with Crippen molar-refractivity contribution in [2.45, 2.75) is 27.2 Å². The summed E-state index contributed by atoms with van der Waals surface area (Å²) >= 11 is 0.696. The Morgan fingerprint density at radius 1 is 1.21 bits per heavy atom. The number of terminal acetylenes is 1. The van der Waals surface area contributed by atoms with Crippen LogP contribution < -0.4 is 10.1 Å². The van der Waals surface area contributed by atoms with Crippen molar-refractivity contribution in [2.24, 2.45) is 0 Å². The van der Waals surface area contributed by atoms with Gasteiger partial charge in [-0.3, -0.25) is 10.4 Å². The molecular weight excluding hydrogens is 533 g/mol. The number of nitrogens with one attached hydrogen (secondary N) is 1. The second-order valence-corrected chi connectivity index (χ2v) is 9.62. The van der Waals surface area contributed by atoms with Gasteiger partial charge in [-0.25, -0.2) is 13.8 Å². The van der Waals surface area contributed by atoms with Crippen molar-refractivity contribution < 1.29 is 27.2 Å². The third kappa shape index (κ3) is 10.00. The summed E-state index contributed by atoms with van der Waals surface area (Å²) in [4.78, 5) is 4.00. The van der Waals surface area contributed by atoms with Crippen LogP contribution in [0.1, 0.15) is 26.3 Å². The lowest BCUT2D eigenvalue weighted by atomic mass is 10.1. The number of para-hydroxylation sites is 1. The first-order chi connectivity index (χ1) is 18.2. The predicted molar refractivity (Wildman–Crippen MR) is 153 cm³/mol. The van der Waals surface area contributed by atoms with E-state index in [9.17, 15) is 22.5 Å². The molecule has 3 aromatic rings. The third-order valence-electron chi connectivity index (χ3n) is 4.87. The highest BCUT2D eigenvalue weighted by molar-refractivity contribution is 7.83. The quantitative estimate of drug-likeness (QED) is 0.132. The summed E-state index contributed by atoms with van der Waals surface area (Å²) in [5, 5.41) is 11.7. The van der Waals surface area contributed by atoms with E-state index in [-0.39, 0.29) is 22.1 Å². The minimum absolute atomic E-state index is 0.0887. The van der Waals surface area contributed by atoms with Crippen molar-refractivity contribution in [3.05, 3.63) is 82.5 Å². The molecule has 3 rings (SSSR count). The summed E-state index contributed by atoms with van der Waals surface area (Å²) in [5.74, 6) is -0.970. The Balaban J connectivity index is 0.000000463. The number of hydrogen-bond acceptors (Lipinski definition) is 6. The van der Waals surface area contributed by atoms with Gasteiger partial charge >= 0.3 is 0 Å². The van der Waals surface area contributed by atoms with E-state index in [1.807, 2.05) is 45.1 Å². The van der Waals surface area contributed by atoms with Gasteiger partial charge in [0.05, 0.1) is 7.11 Å². The lowest BCUT2D eigenvalue weighted by Gasteiger charge is -2.05. The van der Waals surface area contributed by atoms with Gasteiger partial charge in [0, 0.05) is 5.56 Å². The number of methoxy groups -OCH3 is 1. The van der Waals surface area contributed by atoms with Gasteiger partial charge in [-0.1, -0.05) is 59.4 Å². The number of benzene rings is 2. The highest BCUT2D eigenvalue weighted by Gasteiger charge is 2.14. The molecule has 1 heterocycles. The summed E-state index contributed by atoms with van der Waals surface area (Å²) < 4.78 is 57.0. The number of allylic oxidation sites excluding steroid dienone is 3. The molecule has 0 amide bonds. The number of aromatic hydroxyl groups is 1. The first kappa shape index (κ1) is 32.3. The van der Waals surface area contributed by atoms with Crippen LogP contribution >= 0.6 is 11.3 Å². The number of hydrogen-bond donors (Lipinski definition) is 2. The fraction of sp³-hybridized carbons (Fsp3) is 0.214.